The number of pyridine rings is 1. The Bertz CT molecular complexity index is 1560. The molecule has 2 aliphatic heterocycles. The molecule has 0 spiro atoms. The first kappa shape index (κ1) is 32.0. The van der Waals surface area contributed by atoms with Gasteiger partial charge < -0.3 is 29.9 Å². The summed E-state index contributed by atoms with van der Waals surface area (Å²) < 4.78 is 16.6. The van der Waals surface area contributed by atoms with E-state index in [0.29, 0.717) is 36.5 Å². The Morgan fingerprint density at radius 1 is 1.18 bits per heavy atom. The molecule has 3 aromatic rings. The normalized spacial score (nSPS) is 17.8. The molecule has 2 aliphatic rings. The van der Waals surface area contributed by atoms with Crippen molar-refractivity contribution in [3.63, 3.8) is 0 Å². The van der Waals surface area contributed by atoms with Crippen molar-refractivity contribution in [1.29, 1.82) is 0 Å². The maximum absolute atomic E-state index is 12.7. The van der Waals surface area contributed by atoms with Crippen molar-refractivity contribution in [1.82, 2.24) is 20.4 Å². The average molecular weight is 615 g/mol. The van der Waals surface area contributed by atoms with Crippen LogP contribution in [0.3, 0.4) is 0 Å². The van der Waals surface area contributed by atoms with Gasteiger partial charge in [0.15, 0.2) is 17.9 Å². The maximum atomic E-state index is 12.7. The van der Waals surface area contributed by atoms with Gasteiger partial charge in [-0.05, 0) is 62.7 Å². The Hall–Kier alpha value is -4.42. The zero-order valence-corrected chi connectivity index (χ0v) is 26.6. The van der Waals surface area contributed by atoms with E-state index in [2.05, 4.69) is 42.0 Å². The zero-order valence-electron chi connectivity index (χ0n) is 26.6. The largest absolute Gasteiger partial charge is 0.384 e. The van der Waals surface area contributed by atoms with Gasteiger partial charge in [-0.25, -0.2) is 9.98 Å². The number of hydrogen-bond donors (Lipinski definition) is 2. The average Bonchev–Trinajstić information content (AvgIpc) is 3.74. The Labute approximate surface area is 263 Å². The number of rotatable bonds is 9. The summed E-state index contributed by atoms with van der Waals surface area (Å²) in [6, 6.07) is 9.39. The van der Waals surface area contributed by atoms with Crippen LogP contribution < -0.4 is 16.0 Å². The summed E-state index contributed by atoms with van der Waals surface area (Å²) in [7, 11) is 0. The molecule has 238 valence electrons. The first-order valence-corrected chi connectivity index (χ1v) is 15.2. The highest BCUT2D eigenvalue weighted by molar-refractivity contribution is 5.99. The van der Waals surface area contributed by atoms with Crippen molar-refractivity contribution in [2.45, 2.75) is 65.2 Å². The van der Waals surface area contributed by atoms with Gasteiger partial charge >= 0.3 is 11.8 Å². The van der Waals surface area contributed by atoms with Gasteiger partial charge in [-0.1, -0.05) is 38.1 Å². The molecule has 1 amide bonds. The van der Waals surface area contributed by atoms with Crippen LogP contribution in [0.5, 0.6) is 0 Å². The lowest BCUT2D eigenvalue weighted by Crippen LogP contribution is -2.38. The van der Waals surface area contributed by atoms with Gasteiger partial charge in [0.2, 0.25) is 0 Å². The summed E-state index contributed by atoms with van der Waals surface area (Å²) in [6.45, 7) is 16.7. The SMILES string of the molecule is C=N/C(=C\C(N)=Nc1ccc(N2CCC(C3OCCO3)CC2)cn1)c1ccc([C@@H](C)NC(=O)c2nc(C(C)(C)C)no2)c(C)c1. The smallest absolute Gasteiger partial charge is 0.315 e. The van der Waals surface area contributed by atoms with E-state index in [1.165, 1.54) is 0 Å². The Balaban J connectivity index is 1.20. The van der Waals surface area contributed by atoms with Crippen LogP contribution in [-0.2, 0) is 14.9 Å². The Morgan fingerprint density at radius 2 is 1.91 bits per heavy atom. The van der Waals surface area contributed by atoms with E-state index in [4.69, 9.17) is 19.7 Å². The molecular formula is C33H42N8O4. The number of ether oxygens (including phenoxy) is 2. The van der Waals surface area contributed by atoms with Gasteiger partial charge in [0.05, 0.1) is 36.8 Å². The van der Waals surface area contributed by atoms with Crippen LogP contribution in [0.25, 0.3) is 5.70 Å². The molecule has 5 rings (SSSR count). The van der Waals surface area contributed by atoms with Crippen LogP contribution in [0.1, 0.15) is 79.8 Å². The molecule has 2 aromatic heterocycles. The minimum absolute atomic E-state index is 0.0583. The highest BCUT2D eigenvalue weighted by Gasteiger charge is 2.30. The number of carbonyl (C=O) groups is 1. The van der Waals surface area contributed by atoms with Gasteiger partial charge in [0.25, 0.3) is 0 Å². The standard InChI is InChI=1S/C33H42N8O4/c1-20-17-23(7-9-25(20)21(2)37-29(42)30-39-32(40-45-30)33(3,4)5)26(35-6)18-27(34)38-28-10-8-24(19-36-28)41-13-11-22(12-14-41)31-43-15-16-44-31/h7-10,17-19,21-22,31H,6,11-16H2,1-5H3,(H,37,42)(H2,34,36,38)/b26-18-/t21-/m1/s1. The Kier molecular flexibility index (Phi) is 9.74. The van der Waals surface area contributed by atoms with Crippen LogP contribution in [0.2, 0.25) is 0 Å². The van der Waals surface area contributed by atoms with Crippen molar-refractivity contribution in [2.24, 2.45) is 21.6 Å². The predicted molar refractivity (Wildman–Crippen MR) is 174 cm³/mol. The molecule has 2 saturated heterocycles. The van der Waals surface area contributed by atoms with E-state index in [1.54, 1.807) is 6.08 Å². The van der Waals surface area contributed by atoms with Crippen LogP contribution in [-0.4, -0.2) is 66.2 Å². The second-order valence-corrected chi connectivity index (χ2v) is 12.5. The molecule has 1 atom stereocenters. The fourth-order valence-corrected chi connectivity index (χ4v) is 5.51. The third-order valence-corrected chi connectivity index (χ3v) is 8.04. The molecule has 2 fully saturated rings. The first-order valence-electron chi connectivity index (χ1n) is 15.2. The molecule has 12 heteroatoms. The highest BCUT2D eigenvalue weighted by Crippen LogP contribution is 2.29. The minimum Gasteiger partial charge on any atom is -0.384 e. The molecule has 3 N–H and O–H groups in total. The molecule has 0 radical (unpaired) electrons. The zero-order chi connectivity index (χ0) is 32.1. The second-order valence-electron chi connectivity index (χ2n) is 12.5. The van der Waals surface area contributed by atoms with Gasteiger partial charge in [0, 0.05) is 36.1 Å². The minimum atomic E-state index is -0.429. The number of nitrogens with one attached hydrogen (secondary N) is 1. The molecule has 12 nitrogen and oxygen atoms in total. The second kappa shape index (κ2) is 13.7. The quantitative estimate of drug-likeness (QED) is 0.254. The summed E-state index contributed by atoms with van der Waals surface area (Å²) in [5, 5.41) is 6.86. The fourth-order valence-electron chi connectivity index (χ4n) is 5.51. The molecule has 0 saturated carbocycles. The van der Waals surface area contributed by atoms with Gasteiger partial charge in [-0.2, -0.15) is 4.98 Å². The lowest BCUT2D eigenvalue weighted by Gasteiger charge is -2.35. The summed E-state index contributed by atoms with van der Waals surface area (Å²) in [4.78, 5) is 32.5. The molecule has 0 unspecified atom stereocenters. The van der Waals surface area contributed by atoms with Gasteiger partial charge in [-0.15, -0.1) is 0 Å². The number of aromatic nitrogens is 3. The van der Waals surface area contributed by atoms with Crippen LogP contribution in [0.4, 0.5) is 11.5 Å². The number of nitrogens with two attached hydrogens (primary N) is 1. The lowest BCUT2D eigenvalue weighted by atomic mass is 9.96. The third kappa shape index (κ3) is 7.81. The van der Waals surface area contributed by atoms with Crippen molar-refractivity contribution in [2.75, 3.05) is 31.2 Å². The van der Waals surface area contributed by atoms with Gasteiger partial charge in [-0.3, -0.25) is 9.79 Å². The molecular weight excluding hydrogens is 572 g/mol. The number of aliphatic imine (C=N–C) groups is 2. The maximum Gasteiger partial charge on any atom is 0.315 e. The van der Waals surface area contributed by atoms with E-state index in [9.17, 15) is 4.79 Å². The topological polar surface area (TPSA) is 153 Å². The van der Waals surface area contributed by atoms with Crippen molar-refractivity contribution >= 4 is 35.7 Å². The number of hydrogen-bond acceptors (Lipinski definition) is 10. The van der Waals surface area contributed by atoms with E-state index < -0.39 is 5.91 Å². The van der Waals surface area contributed by atoms with Crippen molar-refractivity contribution in [3.05, 3.63) is 71.0 Å². The number of amidine groups is 1. The number of anilines is 1. The summed E-state index contributed by atoms with van der Waals surface area (Å²) in [5.74, 6) is 1.18. The summed E-state index contributed by atoms with van der Waals surface area (Å²) >= 11 is 0. The van der Waals surface area contributed by atoms with Crippen molar-refractivity contribution < 1.29 is 18.8 Å². The van der Waals surface area contributed by atoms with E-state index in [-0.39, 0.29) is 29.5 Å². The lowest BCUT2D eigenvalue weighted by molar-refractivity contribution is -0.0889. The predicted octanol–water partition coefficient (Wildman–Crippen LogP) is 4.88. The molecule has 0 bridgehead atoms. The molecule has 4 heterocycles. The number of benzene rings is 1. The van der Waals surface area contributed by atoms with Crippen LogP contribution in [0.15, 0.2) is 57.1 Å². The monoisotopic (exact) mass is 614 g/mol. The van der Waals surface area contributed by atoms with Crippen LogP contribution in [0, 0.1) is 12.8 Å². The van der Waals surface area contributed by atoms with Gasteiger partial charge in [0.1, 0.15) is 5.84 Å². The first-order chi connectivity index (χ1) is 21.5. The molecule has 1 aromatic carbocycles. The van der Waals surface area contributed by atoms with E-state index in [1.807, 2.05) is 71.1 Å². The van der Waals surface area contributed by atoms with E-state index in [0.717, 1.165) is 48.3 Å². The van der Waals surface area contributed by atoms with Crippen molar-refractivity contribution in [3.8, 4) is 0 Å². The number of aryl methyl sites for hydroxylation is 1. The molecule has 0 aliphatic carbocycles. The highest BCUT2D eigenvalue weighted by atomic mass is 16.7. The summed E-state index contributed by atoms with van der Waals surface area (Å²) in [6.07, 6.45) is 5.48. The summed E-state index contributed by atoms with van der Waals surface area (Å²) in [5.41, 5.74) is 10.3. The van der Waals surface area contributed by atoms with Crippen LogP contribution >= 0.6 is 0 Å². The number of amides is 1. The number of piperidine rings is 1. The van der Waals surface area contributed by atoms with E-state index >= 15 is 0 Å². The number of nitrogens with zero attached hydrogens (tertiary/aromatic N) is 6. The number of carbonyl (C=O) groups excluding carboxylic acids is 1. The third-order valence-electron chi connectivity index (χ3n) is 8.04. The molecule has 45 heavy (non-hydrogen) atoms. The Morgan fingerprint density at radius 3 is 2.51 bits per heavy atom. The fraction of sp³-hybridized carbons (Fsp3) is 0.455.